The SMILES string of the molecule is CC(C)c1nnc(S[C@H](C)C(=O)NC(N)=O)n1C1CC1. The number of rotatable bonds is 5. The smallest absolute Gasteiger partial charge is 0.318 e. The first kappa shape index (κ1) is 14.8. The summed E-state index contributed by atoms with van der Waals surface area (Å²) in [5.74, 6) is 0.809. The van der Waals surface area contributed by atoms with Crippen LogP contribution in [-0.4, -0.2) is 32.0 Å². The lowest BCUT2D eigenvalue weighted by Crippen LogP contribution is -2.39. The van der Waals surface area contributed by atoms with E-state index in [-0.39, 0.29) is 5.92 Å². The second-order valence-electron chi connectivity index (χ2n) is 5.21. The summed E-state index contributed by atoms with van der Waals surface area (Å²) in [5.41, 5.74) is 4.94. The molecule has 8 heteroatoms. The van der Waals surface area contributed by atoms with Crippen LogP contribution >= 0.6 is 11.8 Å². The van der Waals surface area contributed by atoms with Gasteiger partial charge in [0.05, 0.1) is 5.25 Å². The number of carbonyl (C=O) groups is 2. The molecule has 0 aliphatic heterocycles. The number of thioether (sulfide) groups is 1. The third-order valence-electron chi connectivity index (χ3n) is 3.02. The van der Waals surface area contributed by atoms with Crippen molar-refractivity contribution in [2.45, 2.75) is 56.0 Å². The van der Waals surface area contributed by atoms with Crippen molar-refractivity contribution in [1.29, 1.82) is 0 Å². The van der Waals surface area contributed by atoms with Gasteiger partial charge >= 0.3 is 6.03 Å². The van der Waals surface area contributed by atoms with Crippen molar-refractivity contribution in [1.82, 2.24) is 20.1 Å². The predicted octanol–water partition coefficient (Wildman–Crippen LogP) is 1.41. The summed E-state index contributed by atoms with van der Waals surface area (Å²) >= 11 is 1.30. The van der Waals surface area contributed by atoms with Gasteiger partial charge < -0.3 is 10.3 Å². The Labute approximate surface area is 121 Å². The van der Waals surface area contributed by atoms with Crippen molar-refractivity contribution < 1.29 is 9.59 Å². The molecule has 1 aromatic heterocycles. The van der Waals surface area contributed by atoms with Gasteiger partial charge in [-0.05, 0) is 19.8 Å². The Kier molecular flexibility index (Phi) is 4.32. The zero-order valence-corrected chi connectivity index (χ0v) is 12.6. The Hall–Kier alpha value is -1.57. The van der Waals surface area contributed by atoms with E-state index in [1.165, 1.54) is 11.8 Å². The van der Waals surface area contributed by atoms with E-state index >= 15 is 0 Å². The van der Waals surface area contributed by atoms with E-state index in [0.29, 0.717) is 6.04 Å². The molecule has 3 N–H and O–H groups in total. The highest BCUT2D eigenvalue weighted by molar-refractivity contribution is 8.00. The number of nitrogens with one attached hydrogen (secondary N) is 1. The summed E-state index contributed by atoms with van der Waals surface area (Å²) < 4.78 is 2.11. The summed E-state index contributed by atoms with van der Waals surface area (Å²) in [6.45, 7) is 5.85. The van der Waals surface area contributed by atoms with Gasteiger partial charge in [0.25, 0.3) is 0 Å². The van der Waals surface area contributed by atoms with Gasteiger partial charge in [-0.25, -0.2) is 4.79 Å². The molecule has 0 aromatic carbocycles. The molecule has 0 bridgehead atoms. The molecule has 1 heterocycles. The van der Waals surface area contributed by atoms with E-state index in [1.54, 1.807) is 6.92 Å². The minimum Gasteiger partial charge on any atom is -0.351 e. The molecular formula is C12H19N5O2S. The molecule has 20 heavy (non-hydrogen) atoms. The first-order chi connectivity index (χ1) is 9.40. The Morgan fingerprint density at radius 1 is 1.35 bits per heavy atom. The molecule has 0 radical (unpaired) electrons. The maximum atomic E-state index is 11.7. The highest BCUT2D eigenvalue weighted by atomic mass is 32.2. The van der Waals surface area contributed by atoms with Crippen LogP contribution in [0.4, 0.5) is 4.79 Å². The van der Waals surface area contributed by atoms with Crippen LogP contribution in [0.2, 0.25) is 0 Å². The van der Waals surface area contributed by atoms with Crippen LogP contribution in [0.1, 0.15) is 51.4 Å². The van der Waals surface area contributed by atoms with Crippen LogP contribution in [-0.2, 0) is 4.79 Å². The maximum Gasteiger partial charge on any atom is 0.318 e. The summed E-state index contributed by atoms with van der Waals surface area (Å²) in [6.07, 6.45) is 2.24. The molecule has 1 aliphatic carbocycles. The molecule has 1 atom stereocenters. The van der Waals surface area contributed by atoms with E-state index < -0.39 is 17.2 Å². The number of amides is 3. The van der Waals surface area contributed by atoms with Crippen molar-refractivity contribution in [2.75, 3.05) is 0 Å². The monoisotopic (exact) mass is 297 g/mol. The van der Waals surface area contributed by atoms with E-state index in [2.05, 4.69) is 33.9 Å². The lowest BCUT2D eigenvalue weighted by atomic mass is 10.2. The number of hydrogen-bond donors (Lipinski definition) is 2. The van der Waals surface area contributed by atoms with Gasteiger partial charge in [0.15, 0.2) is 5.16 Å². The van der Waals surface area contributed by atoms with Gasteiger partial charge in [-0.2, -0.15) is 0 Å². The highest BCUT2D eigenvalue weighted by Gasteiger charge is 2.31. The topological polar surface area (TPSA) is 103 Å². The zero-order chi connectivity index (χ0) is 14.9. The largest absolute Gasteiger partial charge is 0.351 e. The lowest BCUT2D eigenvalue weighted by molar-refractivity contribution is -0.119. The van der Waals surface area contributed by atoms with Gasteiger partial charge in [0, 0.05) is 12.0 Å². The molecule has 2 rings (SSSR count). The third-order valence-corrected chi connectivity index (χ3v) is 4.07. The molecule has 7 nitrogen and oxygen atoms in total. The fourth-order valence-electron chi connectivity index (χ4n) is 1.87. The molecular weight excluding hydrogens is 278 g/mol. The number of imide groups is 1. The van der Waals surface area contributed by atoms with Gasteiger partial charge in [0.2, 0.25) is 5.91 Å². The number of hydrogen-bond acceptors (Lipinski definition) is 5. The lowest BCUT2D eigenvalue weighted by Gasteiger charge is -2.13. The Balaban J connectivity index is 2.13. The summed E-state index contributed by atoms with van der Waals surface area (Å²) in [5, 5.41) is 10.7. The van der Waals surface area contributed by atoms with Gasteiger partial charge in [0.1, 0.15) is 5.82 Å². The average Bonchev–Trinajstić information content (AvgIpc) is 3.09. The van der Waals surface area contributed by atoms with Gasteiger partial charge in [-0.1, -0.05) is 25.6 Å². The van der Waals surface area contributed by atoms with Crippen molar-refractivity contribution in [3.63, 3.8) is 0 Å². The van der Waals surface area contributed by atoms with Crippen LogP contribution in [0.25, 0.3) is 0 Å². The predicted molar refractivity (Wildman–Crippen MR) is 75.4 cm³/mol. The molecule has 1 fully saturated rings. The minimum atomic E-state index is -0.839. The minimum absolute atomic E-state index is 0.284. The van der Waals surface area contributed by atoms with Crippen LogP contribution in [0, 0.1) is 0 Å². The first-order valence-corrected chi connectivity index (χ1v) is 7.49. The fourth-order valence-corrected chi connectivity index (χ4v) is 2.80. The van der Waals surface area contributed by atoms with E-state index in [0.717, 1.165) is 23.8 Å². The zero-order valence-electron chi connectivity index (χ0n) is 11.8. The molecule has 1 aliphatic rings. The summed E-state index contributed by atoms with van der Waals surface area (Å²) in [7, 11) is 0. The number of primary amides is 1. The molecule has 1 saturated carbocycles. The van der Waals surface area contributed by atoms with Crippen LogP contribution in [0.3, 0.4) is 0 Å². The maximum absolute atomic E-state index is 11.7. The van der Waals surface area contributed by atoms with Crippen molar-refractivity contribution >= 4 is 23.7 Å². The summed E-state index contributed by atoms with van der Waals surface area (Å²) in [4.78, 5) is 22.4. The van der Waals surface area contributed by atoms with Crippen LogP contribution in [0.5, 0.6) is 0 Å². The number of urea groups is 1. The average molecular weight is 297 g/mol. The Morgan fingerprint density at radius 3 is 2.50 bits per heavy atom. The standard InChI is InChI=1S/C12H19N5O2S/c1-6(2)9-15-16-12(17(9)8-4-5-8)20-7(3)10(18)14-11(13)19/h6-8H,4-5H2,1-3H3,(H3,13,14,18,19)/t7-/m1/s1. The van der Waals surface area contributed by atoms with Crippen molar-refractivity contribution in [3.05, 3.63) is 5.82 Å². The second-order valence-corrected chi connectivity index (χ2v) is 6.52. The van der Waals surface area contributed by atoms with Crippen molar-refractivity contribution in [2.24, 2.45) is 5.73 Å². The van der Waals surface area contributed by atoms with Gasteiger partial charge in [-0.3, -0.25) is 10.1 Å². The molecule has 110 valence electrons. The van der Waals surface area contributed by atoms with Crippen molar-refractivity contribution in [3.8, 4) is 0 Å². The summed E-state index contributed by atoms with van der Waals surface area (Å²) in [6, 6.07) is -0.398. The highest BCUT2D eigenvalue weighted by Crippen LogP contribution is 2.40. The number of nitrogens with two attached hydrogens (primary N) is 1. The normalized spacial score (nSPS) is 16.2. The third kappa shape index (κ3) is 3.30. The van der Waals surface area contributed by atoms with Gasteiger partial charge in [-0.15, -0.1) is 10.2 Å². The fraction of sp³-hybridized carbons (Fsp3) is 0.667. The molecule has 0 unspecified atom stereocenters. The van der Waals surface area contributed by atoms with E-state index in [4.69, 9.17) is 5.73 Å². The molecule has 3 amide bonds. The number of aromatic nitrogens is 3. The molecule has 0 spiro atoms. The van der Waals surface area contributed by atoms with Crippen LogP contribution in [0.15, 0.2) is 5.16 Å². The molecule has 0 saturated heterocycles. The second kappa shape index (κ2) is 5.82. The number of nitrogens with zero attached hydrogens (tertiary/aromatic N) is 3. The van der Waals surface area contributed by atoms with E-state index in [9.17, 15) is 9.59 Å². The Morgan fingerprint density at radius 2 is 2.00 bits per heavy atom. The first-order valence-electron chi connectivity index (χ1n) is 6.62. The Bertz CT molecular complexity index is 524. The number of carbonyl (C=O) groups excluding carboxylic acids is 2. The van der Waals surface area contributed by atoms with E-state index in [1.807, 2.05) is 0 Å². The molecule has 1 aromatic rings. The van der Waals surface area contributed by atoms with Crippen LogP contribution < -0.4 is 11.1 Å². The quantitative estimate of drug-likeness (QED) is 0.800.